The predicted molar refractivity (Wildman–Crippen MR) is 62.9 cm³/mol. The summed E-state index contributed by atoms with van der Waals surface area (Å²) in [6.45, 7) is 3.81. The molecule has 0 spiro atoms. The molecule has 90 valence electrons. The van der Waals surface area contributed by atoms with Crippen molar-refractivity contribution in [2.45, 2.75) is 45.2 Å². The van der Waals surface area contributed by atoms with Gasteiger partial charge in [0.2, 0.25) is 5.91 Å². The standard InChI is InChI=1S/C12H20N2O2/c1-9(13)8-12(15)14-10(2)5-6-11-4-3-7-16-11/h3-4,7,9-10H,5-6,8,13H2,1-2H3,(H,14,15). The van der Waals surface area contributed by atoms with Crippen LogP contribution in [0, 0.1) is 0 Å². The van der Waals surface area contributed by atoms with Crippen molar-refractivity contribution >= 4 is 5.91 Å². The Kier molecular flexibility index (Phi) is 5.05. The monoisotopic (exact) mass is 224 g/mol. The molecular weight excluding hydrogens is 204 g/mol. The van der Waals surface area contributed by atoms with E-state index in [4.69, 9.17) is 10.2 Å². The van der Waals surface area contributed by atoms with Crippen molar-refractivity contribution in [2.24, 2.45) is 5.73 Å². The van der Waals surface area contributed by atoms with Gasteiger partial charge in [-0.05, 0) is 32.4 Å². The molecule has 0 aliphatic heterocycles. The number of furan rings is 1. The Hall–Kier alpha value is -1.29. The molecule has 2 unspecified atom stereocenters. The van der Waals surface area contributed by atoms with Crippen molar-refractivity contribution < 1.29 is 9.21 Å². The average molecular weight is 224 g/mol. The van der Waals surface area contributed by atoms with E-state index in [1.165, 1.54) is 0 Å². The molecule has 2 atom stereocenters. The molecule has 0 aliphatic rings. The SMILES string of the molecule is CC(N)CC(=O)NC(C)CCc1ccco1. The van der Waals surface area contributed by atoms with Crippen LogP contribution in [-0.2, 0) is 11.2 Å². The van der Waals surface area contributed by atoms with Gasteiger partial charge in [0.25, 0.3) is 0 Å². The Labute approximate surface area is 96.2 Å². The van der Waals surface area contributed by atoms with E-state index < -0.39 is 0 Å². The first-order chi connectivity index (χ1) is 7.58. The highest BCUT2D eigenvalue weighted by atomic mass is 16.3. The lowest BCUT2D eigenvalue weighted by Gasteiger charge is -2.14. The van der Waals surface area contributed by atoms with E-state index in [1.54, 1.807) is 6.26 Å². The molecule has 0 saturated carbocycles. The van der Waals surface area contributed by atoms with Gasteiger partial charge in [-0.15, -0.1) is 0 Å². The van der Waals surface area contributed by atoms with Gasteiger partial charge in [-0.3, -0.25) is 4.79 Å². The van der Waals surface area contributed by atoms with Crippen LogP contribution in [0.5, 0.6) is 0 Å². The van der Waals surface area contributed by atoms with E-state index in [0.717, 1.165) is 18.6 Å². The van der Waals surface area contributed by atoms with Crippen LogP contribution in [0.1, 0.15) is 32.4 Å². The number of carbonyl (C=O) groups excluding carboxylic acids is 1. The van der Waals surface area contributed by atoms with Crippen molar-refractivity contribution in [1.82, 2.24) is 5.32 Å². The van der Waals surface area contributed by atoms with Crippen LogP contribution in [0.3, 0.4) is 0 Å². The third-order valence-corrected chi connectivity index (χ3v) is 2.32. The molecule has 1 aromatic heterocycles. The summed E-state index contributed by atoms with van der Waals surface area (Å²) in [6.07, 6.45) is 3.75. The quantitative estimate of drug-likeness (QED) is 0.768. The van der Waals surface area contributed by atoms with Gasteiger partial charge in [-0.1, -0.05) is 0 Å². The lowest BCUT2D eigenvalue weighted by atomic mass is 10.1. The average Bonchev–Trinajstić information content (AvgIpc) is 2.65. The molecule has 0 aromatic carbocycles. The molecule has 0 bridgehead atoms. The molecule has 0 radical (unpaired) electrons. The lowest BCUT2D eigenvalue weighted by molar-refractivity contribution is -0.121. The number of hydrogen-bond donors (Lipinski definition) is 2. The first kappa shape index (κ1) is 12.8. The van der Waals surface area contributed by atoms with Gasteiger partial charge in [0.05, 0.1) is 6.26 Å². The van der Waals surface area contributed by atoms with Crippen LogP contribution in [0.4, 0.5) is 0 Å². The van der Waals surface area contributed by atoms with Crippen molar-refractivity contribution in [3.05, 3.63) is 24.2 Å². The normalized spacial score (nSPS) is 14.4. The van der Waals surface area contributed by atoms with E-state index in [2.05, 4.69) is 5.32 Å². The number of amides is 1. The molecule has 4 heteroatoms. The Bertz CT molecular complexity index is 307. The molecular formula is C12H20N2O2. The predicted octanol–water partition coefficient (Wildman–Crippen LogP) is 1.45. The Morgan fingerprint density at radius 3 is 2.88 bits per heavy atom. The molecule has 1 aromatic rings. The van der Waals surface area contributed by atoms with Gasteiger partial charge < -0.3 is 15.5 Å². The minimum absolute atomic E-state index is 0.0157. The topological polar surface area (TPSA) is 68.3 Å². The second-order valence-electron chi connectivity index (χ2n) is 4.27. The van der Waals surface area contributed by atoms with Gasteiger partial charge in [0.1, 0.15) is 5.76 Å². The highest BCUT2D eigenvalue weighted by Gasteiger charge is 2.09. The number of nitrogens with one attached hydrogen (secondary N) is 1. The van der Waals surface area contributed by atoms with Gasteiger partial charge in [-0.2, -0.15) is 0 Å². The smallest absolute Gasteiger partial charge is 0.221 e. The summed E-state index contributed by atoms with van der Waals surface area (Å²) in [7, 11) is 0. The van der Waals surface area contributed by atoms with Crippen molar-refractivity contribution in [2.75, 3.05) is 0 Å². The number of rotatable bonds is 6. The number of aryl methyl sites for hydroxylation is 1. The fourth-order valence-corrected chi connectivity index (χ4v) is 1.51. The lowest BCUT2D eigenvalue weighted by Crippen LogP contribution is -2.36. The zero-order valence-electron chi connectivity index (χ0n) is 9.90. The van der Waals surface area contributed by atoms with Crippen LogP contribution < -0.4 is 11.1 Å². The Morgan fingerprint density at radius 1 is 1.56 bits per heavy atom. The highest BCUT2D eigenvalue weighted by Crippen LogP contribution is 2.05. The number of hydrogen-bond acceptors (Lipinski definition) is 3. The third-order valence-electron chi connectivity index (χ3n) is 2.32. The molecule has 4 nitrogen and oxygen atoms in total. The van der Waals surface area contributed by atoms with Crippen LogP contribution in [0.15, 0.2) is 22.8 Å². The minimum Gasteiger partial charge on any atom is -0.469 e. The molecule has 0 aliphatic carbocycles. The van der Waals surface area contributed by atoms with E-state index in [1.807, 2.05) is 26.0 Å². The summed E-state index contributed by atoms with van der Waals surface area (Å²) < 4.78 is 5.22. The molecule has 0 saturated heterocycles. The van der Waals surface area contributed by atoms with Crippen LogP contribution in [-0.4, -0.2) is 18.0 Å². The maximum absolute atomic E-state index is 11.4. The van der Waals surface area contributed by atoms with Gasteiger partial charge in [0.15, 0.2) is 0 Å². The summed E-state index contributed by atoms with van der Waals surface area (Å²) in [6, 6.07) is 3.87. The summed E-state index contributed by atoms with van der Waals surface area (Å²) in [5.41, 5.74) is 5.54. The molecule has 1 heterocycles. The molecule has 1 rings (SSSR count). The summed E-state index contributed by atoms with van der Waals surface area (Å²) in [5.74, 6) is 0.968. The molecule has 0 fully saturated rings. The van der Waals surface area contributed by atoms with Gasteiger partial charge in [-0.25, -0.2) is 0 Å². The zero-order valence-corrected chi connectivity index (χ0v) is 9.90. The van der Waals surface area contributed by atoms with Gasteiger partial charge in [0, 0.05) is 24.9 Å². The highest BCUT2D eigenvalue weighted by molar-refractivity contribution is 5.76. The Balaban J connectivity index is 2.20. The molecule has 3 N–H and O–H groups in total. The van der Waals surface area contributed by atoms with E-state index in [9.17, 15) is 4.79 Å². The van der Waals surface area contributed by atoms with E-state index >= 15 is 0 Å². The summed E-state index contributed by atoms with van der Waals surface area (Å²) in [5, 5.41) is 2.91. The van der Waals surface area contributed by atoms with E-state index in [0.29, 0.717) is 6.42 Å². The largest absolute Gasteiger partial charge is 0.469 e. The first-order valence-corrected chi connectivity index (χ1v) is 5.65. The van der Waals surface area contributed by atoms with Crippen molar-refractivity contribution in [1.29, 1.82) is 0 Å². The number of nitrogens with two attached hydrogens (primary N) is 1. The minimum atomic E-state index is -0.0859. The van der Waals surface area contributed by atoms with E-state index in [-0.39, 0.29) is 18.0 Å². The maximum Gasteiger partial charge on any atom is 0.221 e. The summed E-state index contributed by atoms with van der Waals surface area (Å²) in [4.78, 5) is 11.4. The number of carbonyl (C=O) groups is 1. The van der Waals surface area contributed by atoms with Crippen molar-refractivity contribution in [3.63, 3.8) is 0 Å². The van der Waals surface area contributed by atoms with Gasteiger partial charge >= 0.3 is 0 Å². The molecule has 1 amide bonds. The van der Waals surface area contributed by atoms with Crippen LogP contribution in [0.25, 0.3) is 0 Å². The van der Waals surface area contributed by atoms with Crippen LogP contribution in [0.2, 0.25) is 0 Å². The zero-order chi connectivity index (χ0) is 12.0. The Morgan fingerprint density at radius 2 is 2.31 bits per heavy atom. The second-order valence-corrected chi connectivity index (χ2v) is 4.27. The third kappa shape index (κ3) is 4.98. The fraction of sp³-hybridized carbons (Fsp3) is 0.583. The first-order valence-electron chi connectivity index (χ1n) is 5.65. The summed E-state index contributed by atoms with van der Waals surface area (Å²) >= 11 is 0. The maximum atomic E-state index is 11.4. The van der Waals surface area contributed by atoms with Crippen molar-refractivity contribution in [3.8, 4) is 0 Å². The second kappa shape index (κ2) is 6.33. The molecule has 16 heavy (non-hydrogen) atoms. The fourth-order valence-electron chi connectivity index (χ4n) is 1.51. The van der Waals surface area contributed by atoms with Crippen LogP contribution >= 0.6 is 0 Å².